The molecule has 0 heterocycles. The molecular formula is C15H23ClN2O2. The average molecular weight is 299 g/mol. The van der Waals surface area contributed by atoms with Crippen molar-refractivity contribution in [2.45, 2.75) is 39.8 Å². The summed E-state index contributed by atoms with van der Waals surface area (Å²) in [6, 6.07) is 6.66. The van der Waals surface area contributed by atoms with E-state index in [1.807, 2.05) is 6.92 Å². The number of carbonyl (C=O) groups is 1. The number of hydrogen-bond acceptors (Lipinski definition) is 2. The zero-order valence-corrected chi connectivity index (χ0v) is 13.2. The summed E-state index contributed by atoms with van der Waals surface area (Å²) in [6.45, 7) is 8.28. The Kier molecular flexibility index (Phi) is 5.84. The van der Waals surface area contributed by atoms with Crippen molar-refractivity contribution in [3.05, 3.63) is 34.9 Å². The quantitative estimate of drug-likeness (QED) is 0.800. The standard InChI is InChI=1S/C15H23ClN2O2/c1-10(15(2,3)4)18-14(20)17-9-13(19)11-5-7-12(16)8-6-11/h5-8,10,13,19H,9H2,1-4H3,(H2,17,18,20). The van der Waals surface area contributed by atoms with Gasteiger partial charge in [-0.3, -0.25) is 0 Å². The van der Waals surface area contributed by atoms with E-state index in [-0.39, 0.29) is 24.0 Å². The van der Waals surface area contributed by atoms with E-state index in [0.29, 0.717) is 5.02 Å². The van der Waals surface area contributed by atoms with Crippen molar-refractivity contribution in [3.63, 3.8) is 0 Å². The fraction of sp³-hybridized carbons (Fsp3) is 0.533. The molecule has 2 atom stereocenters. The molecule has 0 aliphatic carbocycles. The molecule has 0 aliphatic heterocycles. The number of nitrogens with one attached hydrogen (secondary N) is 2. The number of amides is 2. The lowest BCUT2D eigenvalue weighted by atomic mass is 9.88. The molecule has 0 aliphatic rings. The van der Waals surface area contributed by atoms with Gasteiger partial charge in [-0.1, -0.05) is 44.5 Å². The van der Waals surface area contributed by atoms with Crippen LogP contribution in [0, 0.1) is 5.41 Å². The number of aliphatic hydroxyl groups excluding tert-OH is 1. The Balaban J connectivity index is 2.43. The number of urea groups is 1. The first-order chi connectivity index (χ1) is 9.20. The molecule has 0 bridgehead atoms. The lowest BCUT2D eigenvalue weighted by molar-refractivity contribution is 0.170. The van der Waals surface area contributed by atoms with Crippen molar-refractivity contribution in [3.8, 4) is 0 Å². The van der Waals surface area contributed by atoms with Gasteiger partial charge in [0.2, 0.25) is 0 Å². The fourth-order valence-electron chi connectivity index (χ4n) is 1.46. The Morgan fingerprint density at radius 3 is 2.35 bits per heavy atom. The number of carbonyl (C=O) groups excluding carboxylic acids is 1. The lowest BCUT2D eigenvalue weighted by Gasteiger charge is -2.28. The van der Waals surface area contributed by atoms with Gasteiger partial charge in [0, 0.05) is 17.6 Å². The third-order valence-corrected chi connectivity index (χ3v) is 3.61. The van der Waals surface area contributed by atoms with Crippen LogP contribution >= 0.6 is 11.6 Å². The van der Waals surface area contributed by atoms with Crippen LogP contribution in [-0.4, -0.2) is 23.7 Å². The van der Waals surface area contributed by atoms with Crippen LogP contribution in [0.25, 0.3) is 0 Å². The summed E-state index contributed by atoms with van der Waals surface area (Å²) in [4.78, 5) is 11.7. The molecule has 0 spiro atoms. The van der Waals surface area contributed by atoms with Gasteiger partial charge < -0.3 is 15.7 Å². The topological polar surface area (TPSA) is 61.4 Å². The molecule has 5 heteroatoms. The Hall–Kier alpha value is -1.26. The van der Waals surface area contributed by atoms with Gasteiger partial charge in [-0.2, -0.15) is 0 Å². The first-order valence-electron chi connectivity index (χ1n) is 6.68. The van der Waals surface area contributed by atoms with Crippen LogP contribution in [0.3, 0.4) is 0 Å². The highest BCUT2D eigenvalue weighted by atomic mass is 35.5. The second-order valence-corrected chi connectivity index (χ2v) is 6.45. The van der Waals surface area contributed by atoms with Gasteiger partial charge in [-0.25, -0.2) is 4.79 Å². The van der Waals surface area contributed by atoms with Crippen LogP contribution in [0.1, 0.15) is 39.4 Å². The van der Waals surface area contributed by atoms with E-state index >= 15 is 0 Å². The van der Waals surface area contributed by atoms with Crippen molar-refractivity contribution >= 4 is 17.6 Å². The van der Waals surface area contributed by atoms with E-state index in [9.17, 15) is 9.90 Å². The van der Waals surface area contributed by atoms with Crippen molar-refractivity contribution in [2.24, 2.45) is 5.41 Å². The smallest absolute Gasteiger partial charge is 0.315 e. The maximum atomic E-state index is 11.7. The van der Waals surface area contributed by atoms with E-state index in [1.165, 1.54) is 0 Å². The zero-order valence-electron chi connectivity index (χ0n) is 12.4. The van der Waals surface area contributed by atoms with Crippen molar-refractivity contribution in [1.82, 2.24) is 10.6 Å². The van der Waals surface area contributed by atoms with Gasteiger partial charge in [0.05, 0.1) is 6.10 Å². The molecule has 1 aromatic carbocycles. The van der Waals surface area contributed by atoms with Gasteiger partial charge >= 0.3 is 6.03 Å². The molecule has 1 aromatic rings. The summed E-state index contributed by atoms with van der Waals surface area (Å²) in [5.41, 5.74) is 0.713. The summed E-state index contributed by atoms with van der Waals surface area (Å²) in [6.07, 6.45) is -0.747. The van der Waals surface area contributed by atoms with Crippen LogP contribution in [0.4, 0.5) is 4.79 Å². The van der Waals surface area contributed by atoms with Crippen LogP contribution < -0.4 is 10.6 Å². The molecule has 0 aromatic heterocycles. The highest BCUT2D eigenvalue weighted by Gasteiger charge is 2.21. The molecule has 3 N–H and O–H groups in total. The third kappa shape index (κ3) is 5.39. The third-order valence-electron chi connectivity index (χ3n) is 3.36. The van der Waals surface area contributed by atoms with Crippen molar-refractivity contribution in [2.75, 3.05) is 6.54 Å². The van der Waals surface area contributed by atoms with E-state index in [4.69, 9.17) is 11.6 Å². The highest BCUT2D eigenvalue weighted by molar-refractivity contribution is 6.30. The maximum Gasteiger partial charge on any atom is 0.315 e. The lowest BCUT2D eigenvalue weighted by Crippen LogP contribution is -2.47. The Morgan fingerprint density at radius 1 is 1.30 bits per heavy atom. The van der Waals surface area contributed by atoms with E-state index < -0.39 is 6.10 Å². The zero-order chi connectivity index (χ0) is 15.3. The molecule has 20 heavy (non-hydrogen) atoms. The van der Waals surface area contributed by atoms with Crippen LogP contribution in [0.5, 0.6) is 0 Å². The number of benzene rings is 1. The monoisotopic (exact) mass is 298 g/mol. The molecule has 2 unspecified atom stereocenters. The Labute approximate surface area is 125 Å². The van der Waals surface area contributed by atoms with Gasteiger partial charge in [0.25, 0.3) is 0 Å². The first-order valence-corrected chi connectivity index (χ1v) is 7.06. The molecule has 0 saturated carbocycles. The Bertz CT molecular complexity index is 440. The van der Waals surface area contributed by atoms with Crippen LogP contribution in [0.15, 0.2) is 24.3 Å². The molecule has 4 nitrogen and oxygen atoms in total. The van der Waals surface area contributed by atoms with Gasteiger partial charge in [0.1, 0.15) is 0 Å². The molecule has 2 amide bonds. The number of halogens is 1. The minimum absolute atomic E-state index is 0.00780. The second kappa shape index (κ2) is 6.95. The second-order valence-electron chi connectivity index (χ2n) is 6.01. The summed E-state index contributed by atoms with van der Waals surface area (Å²) in [5, 5.41) is 16.1. The van der Waals surface area contributed by atoms with Crippen LogP contribution in [0.2, 0.25) is 5.02 Å². The molecule has 112 valence electrons. The predicted octanol–water partition coefficient (Wildman–Crippen LogP) is 3.11. The van der Waals surface area contributed by atoms with Gasteiger partial charge in [0.15, 0.2) is 0 Å². The molecule has 0 fully saturated rings. The SMILES string of the molecule is CC(NC(=O)NCC(O)c1ccc(Cl)cc1)C(C)(C)C. The maximum absolute atomic E-state index is 11.7. The number of hydrogen-bond donors (Lipinski definition) is 3. The van der Waals surface area contributed by atoms with Gasteiger partial charge in [-0.05, 0) is 30.0 Å². The number of aliphatic hydroxyl groups is 1. The summed E-state index contributed by atoms with van der Waals surface area (Å²) in [7, 11) is 0. The minimum Gasteiger partial charge on any atom is -0.387 e. The molecular weight excluding hydrogens is 276 g/mol. The van der Waals surface area contributed by atoms with E-state index in [2.05, 4.69) is 31.4 Å². The van der Waals surface area contributed by atoms with Crippen molar-refractivity contribution in [1.29, 1.82) is 0 Å². The Morgan fingerprint density at radius 2 is 1.85 bits per heavy atom. The predicted molar refractivity (Wildman–Crippen MR) is 81.9 cm³/mol. The molecule has 1 rings (SSSR count). The largest absolute Gasteiger partial charge is 0.387 e. The van der Waals surface area contributed by atoms with Gasteiger partial charge in [-0.15, -0.1) is 0 Å². The molecule has 0 saturated heterocycles. The average Bonchev–Trinajstić information content (AvgIpc) is 2.35. The molecule has 0 radical (unpaired) electrons. The van der Waals surface area contributed by atoms with Crippen molar-refractivity contribution < 1.29 is 9.90 Å². The summed E-state index contributed by atoms with van der Waals surface area (Å²) < 4.78 is 0. The first kappa shape index (κ1) is 16.8. The van der Waals surface area contributed by atoms with E-state index in [0.717, 1.165) is 5.56 Å². The highest BCUT2D eigenvalue weighted by Crippen LogP contribution is 2.18. The summed E-state index contributed by atoms with van der Waals surface area (Å²) in [5.74, 6) is 0. The van der Waals surface area contributed by atoms with Crippen LogP contribution in [-0.2, 0) is 0 Å². The number of rotatable bonds is 4. The minimum atomic E-state index is -0.747. The summed E-state index contributed by atoms with van der Waals surface area (Å²) >= 11 is 5.78. The normalized spacial score (nSPS) is 14.5. The fourth-order valence-corrected chi connectivity index (χ4v) is 1.58. The van der Waals surface area contributed by atoms with E-state index in [1.54, 1.807) is 24.3 Å².